The lowest BCUT2D eigenvalue weighted by molar-refractivity contribution is 0.0243. The first-order chi connectivity index (χ1) is 3.66. The van der Waals surface area contributed by atoms with E-state index in [1.165, 1.54) is 0 Å². The highest BCUT2D eigenvalue weighted by Gasteiger charge is 1.99. The maximum atomic E-state index is 5.30. The van der Waals surface area contributed by atoms with Gasteiger partial charge in [0, 0.05) is 6.54 Å². The van der Waals surface area contributed by atoms with Gasteiger partial charge in [-0.3, -0.25) is 0 Å². The van der Waals surface area contributed by atoms with Gasteiger partial charge in [-0.2, -0.15) is 0 Å². The number of hydrogen-bond donors (Lipinski definition) is 1. The molecule has 0 aromatic carbocycles. The summed E-state index contributed by atoms with van der Waals surface area (Å²) in [6.45, 7) is 6.59. The first-order valence-corrected chi connectivity index (χ1v) is 3.02. The summed E-state index contributed by atoms with van der Waals surface area (Å²) in [5.41, 5.74) is 5.30. The molecule has 0 aliphatic heterocycles. The molecule has 0 amide bonds. The molecule has 0 fully saturated rings. The van der Waals surface area contributed by atoms with Crippen LogP contribution in [0.25, 0.3) is 0 Å². The number of ether oxygens (including phenoxy) is 1. The number of hydrogen-bond acceptors (Lipinski definition) is 2. The van der Waals surface area contributed by atoms with Gasteiger partial charge >= 0.3 is 0 Å². The molecule has 1 atom stereocenters. The van der Waals surface area contributed by atoms with Crippen molar-refractivity contribution in [1.82, 2.24) is 0 Å². The van der Waals surface area contributed by atoms with E-state index in [0.717, 1.165) is 0 Å². The Bertz CT molecular complexity index is 59.0. The summed E-state index contributed by atoms with van der Waals surface area (Å²) in [4.78, 5) is 0. The fourth-order valence-corrected chi connectivity index (χ4v) is 0.520. The lowest BCUT2D eigenvalue weighted by Crippen LogP contribution is -2.23. The van der Waals surface area contributed by atoms with Gasteiger partial charge in [-0.15, -0.1) is 12.4 Å². The van der Waals surface area contributed by atoms with Crippen LogP contribution in [0.1, 0.15) is 20.8 Å². The average Bonchev–Trinajstić information content (AvgIpc) is 1.65. The minimum Gasteiger partial charge on any atom is -0.375 e. The van der Waals surface area contributed by atoms with Crippen molar-refractivity contribution in [3.05, 3.63) is 0 Å². The second-order valence-electron chi connectivity index (χ2n) is 2.23. The van der Waals surface area contributed by atoms with Gasteiger partial charge in [0.1, 0.15) is 0 Å². The summed E-state index contributed by atoms with van der Waals surface area (Å²) in [7, 11) is 0. The second-order valence-corrected chi connectivity index (χ2v) is 2.23. The Hall–Kier alpha value is 0.210. The molecule has 3 heteroatoms. The zero-order chi connectivity index (χ0) is 6.57. The van der Waals surface area contributed by atoms with Crippen LogP contribution in [-0.2, 0) is 4.74 Å². The fourth-order valence-electron chi connectivity index (χ4n) is 0.520. The molecule has 2 N–H and O–H groups in total. The molecule has 0 saturated heterocycles. The molecular formula is C6H16ClNO. The second kappa shape index (κ2) is 6.33. The molecule has 0 aromatic rings. The van der Waals surface area contributed by atoms with Gasteiger partial charge in [-0.1, -0.05) is 0 Å². The molecule has 2 nitrogen and oxygen atoms in total. The molecule has 0 aliphatic rings. The van der Waals surface area contributed by atoms with Crippen molar-refractivity contribution in [3.8, 4) is 0 Å². The van der Waals surface area contributed by atoms with E-state index in [0.29, 0.717) is 12.6 Å². The van der Waals surface area contributed by atoms with E-state index < -0.39 is 0 Å². The molecule has 0 bridgehead atoms. The Morgan fingerprint density at radius 1 is 1.33 bits per heavy atom. The third-order valence-electron chi connectivity index (χ3n) is 0.836. The Balaban J connectivity index is 0. The zero-order valence-electron chi connectivity index (χ0n) is 6.26. The van der Waals surface area contributed by atoms with Gasteiger partial charge in [0.15, 0.2) is 0 Å². The molecule has 9 heavy (non-hydrogen) atoms. The summed E-state index contributed by atoms with van der Waals surface area (Å²) < 4.78 is 5.27. The molecule has 58 valence electrons. The minimum absolute atomic E-state index is 0. The van der Waals surface area contributed by atoms with Crippen molar-refractivity contribution < 1.29 is 4.74 Å². The molecule has 0 rings (SSSR count). The average molecular weight is 154 g/mol. The van der Waals surface area contributed by atoms with Crippen molar-refractivity contribution in [2.24, 2.45) is 5.73 Å². The highest BCUT2D eigenvalue weighted by atomic mass is 35.5. The molecule has 0 aromatic heterocycles. The first-order valence-electron chi connectivity index (χ1n) is 3.02. The Morgan fingerprint density at radius 3 is 1.89 bits per heavy atom. The Morgan fingerprint density at radius 2 is 1.78 bits per heavy atom. The lowest BCUT2D eigenvalue weighted by Gasteiger charge is -2.12. The Labute approximate surface area is 63.2 Å². The molecule has 0 saturated carbocycles. The quantitative estimate of drug-likeness (QED) is 0.661. The molecular weight excluding hydrogens is 138 g/mol. The van der Waals surface area contributed by atoms with Gasteiger partial charge in [0.25, 0.3) is 0 Å². The van der Waals surface area contributed by atoms with Gasteiger partial charge in [-0.25, -0.2) is 0 Å². The third kappa shape index (κ3) is 8.21. The predicted molar refractivity (Wildman–Crippen MR) is 42.0 cm³/mol. The van der Waals surface area contributed by atoms with Crippen LogP contribution in [0.5, 0.6) is 0 Å². The summed E-state index contributed by atoms with van der Waals surface area (Å²) >= 11 is 0. The fraction of sp³-hybridized carbons (Fsp3) is 1.00. The van der Waals surface area contributed by atoms with Crippen molar-refractivity contribution in [2.45, 2.75) is 33.0 Å². The van der Waals surface area contributed by atoms with Crippen LogP contribution < -0.4 is 5.73 Å². The zero-order valence-corrected chi connectivity index (χ0v) is 7.07. The van der Waals surface area contributed by atoms with Crippen LogP contribution in [0.3, 0.4) is 0 Å². The standard InChI is InChI=1S/C6H15NO.ClH/c1-5(2)8-6(3)4-7;/h5-6H,4,7H2,1-3H3;1H. The monoisotopic (exact) mass is 153 g/mol. The van der Waals surface area contributed by atoms with Crippen LogP contribution in [0.15, 0.2) is 0 Å². The van der Waals surface area contributed by atoms with E-state index in [4.69, 9.17) is 10.5 Å². The topological polar surface area (TPSA) is 35.2 Å². The van der Waals surface area contributed by atoms with E-state index in [2.05, 4.69) is 0 Å². The van der Waals surface area contributed by atoms with Crippen LogP contribution in [0.4, 0.5) is 0 Å². The normalized spacial score (nSPS) is 13.0. The van der Waals surface area contributed by atoms with Gasteiger partial charge < -0.3 is 10.5 Å². The van der Waals surface area contributed by atoms with Crippen molar-refractivity contribution in [2.75, 3.05) is 6.54 Å². The van der Waals surface area contributed by atoms with Crippen LogP contribution in [0, 0.1) is 0 Å². The van der Waals surface area contributed by atoms with Crippen LogP contribution in [0.2, 0.25) is 0 Å². The summed E-state index contributed by atoms with van der Waals surface area (Å²) in [6.07, 6.45) is 0.503. The van der Waals surface area contributed by atoms with Crippen LogP contribution >= 0.6 is 12.4 Å². The summed E-state index contributed by atoms with van der Waals surface area (Å²) in [6, 6.07) is 0. The van der Waals surface area contributed by atoms with Gasteiger partial charge in [0.2, 0.25) is 0 Å². The summed E-state index contributed by atoms with van der Waals surface area (Å²) in [5.74, 6) is 0. The van der Waals surface area contributed by atoms with Gasteiger partial charge in [0.05, 0.1) is 12.2 Å². The predicted octanol–water partition coefficient (Wildman–Crippen LogP) is 1.18. The molecule has 0 radical (unpaired) electrons. The van der Waals surface area contributed by atoms with E-state index >= 15 is 0 Å². The minimum atomic E-state index is 0. The first kappa shape index (κ1) is 11.9. The largest absolute Gasteiger partial charge is 0.375 e. The molecule has 0 aliphatic carbocycles. The SMILES string of the molecule is CC(C)OC(C)CN.Cl. The van der Waals surface area contributed by atoms with Crippen LogP contribution in [-0.4, -0.2) is 18.8 Å². The lowest BCUT2D eigenvalue weighted by atomic mass is 10.4. The maximum absolute atomic E-state index is 5.30. The molecule has 0 heterocycles. The van der Waals surface area contributed by atoms with E-state index in [-0.39, 0.29) is 18.5 Å². The highest BCUT2D eigenvalue weighted by Crippen LogP contribution is 1.93. The number of nitrogens with two attached hydrogens (primary N) is 1. The van der Waals surface area contributed by atoms with Crippen molar-refractivity contribution in [1.29, 1.82) is 0 Å². The summed E-state index contributed by atoms with van der Waals surface area (Å²) in [5, 5.41) is 0. The molecule has 1 unspecified atom stereocenters. The van der Waals surface area contributed by atoms with Gasteiger partial charge in [-0.05, 0) is 20.8 Å². The van der Waals surface area contributed by atoms with Crippen molar-refractivity contribution in [3.63, 3.8) is 0 Å². The van der Waals surface area contributed by atoms with E-state index in [1.54, 1.807) is 0 Å². The number of rotatable bonds is 3. The van der Waals surface area contributed by atoms with E-state index in [1.807, 2.05) is 20.8 Å². The number of halogens is 1. The van der Waals surface area contributed by atoms with E-state index in [9.17, 15) is 0 Å². The smallest absolute Gasteiger partial charge is 0.0672 e. The van der Waals surface area contributed by atoms with Crippen molar-refractivity contribution >= 4 is 12.4 Å². The maximum Gasteiger partial charge on any atom is 0.0672 e. The Kier molecular flexibility index (Phi) is 8.40. The molecule has 0 spiro atoms. The third-order valence-corrected chi connectivity index (χ3v) is 0.836. The highest BCUT2D eigenvalue weighted by molar-refractivity contribution is 5.85.